The number of fused-ring (bicyclic) bond motifs is 1. The Labute approximate surface area is 232 Å². The van der Waals surface area contributed by atoms with Gasteiger partial charge >= 0.3 is 6.03 Å². The van der Waals surface area contributed by atoms with Gasteiger partial charge in [-0.25, -0.2) is 4.79 Å². The quantitative estimate of drug-likeness (QED) is 0.208. The number of rotatable bonds is 13. The largest absolute Gasteiger partial charge is 0.346 e. The van der Waals surface area contributed by atoms with Crippen molar-refractivity contribution in [2.75, 3.05) is 13.1 Å². The first-order valence-electron chi connectivity index (χ1n) is 14.6. The molecule has 0 radical (unpaired) electrons. The Kier molecular flexibility index (Phi) is 10.2. The number of hydrogen-bond donors (Lipinski definition) is 4. The molecule has 39 heavy (non-hydrogen) atoms. The van der Waals surface area contributed by atoms with Gasteiger partial charge in [0.15, 0.2) is 0 Å². The predicted octanol–water partition coefficient (Wildman–Crippen LogP) is 2.28. The first-order chi connectivity index (χ1) is 18.5. The lowest BCUT2D eigenvalue weighted by atomic mass is 9.94. The van der Waals surface area contributed by atoms with Crippen LogP contribution in [0, 0.1) is 23.2 Å². The van der Waals surface area contributed by atoms with Crippen LogP contribution in [-0.4, -0.2) is 71.7 Å². The molecule has 0 aromatic rings. The third kappa shape index (κ3) is 6.81. The second-order valence-corrected chi connectivity index (χ2v) is 12.1. The van der Waals surface area contributed by atoms with E-state index >= 15 is 0 Å². The van der Waals surface area contributed by atoms with E-state index in [0.717, 1.165) is 32.1 Å². The van der Waals surface area contributed by atoms with Crippen LogP contribution in [0.1, 0.15) is 79.6 Å². The Hall–Kier alpha value is -2.91. The van der Waals surface area contributed by atoms with Crippen molar-refractivity contribution in [2.45, 2.75) is 104 Å². The van der Waals surface area contributed by atoms with Crippen LogP contribution in [0.2, 0.25) is 0 Å². The van der Waals surface area contributed by atoms with Gasteiger partial charge < -0.3 is 26.2 Å². The third-order valence-electron chi connectivity index (χ3n) is 9.02. The molecule has 2 aliphatic carbocycles. The minimum Gasteiger partial charge on any atom is -0.346 e. The zero-order chi connectivity index (χ0) is 28.9. The zero-order valence-corrected chi connectivity index (χ0v) is 24.2. The highest BCUT2D eigenvalue weighted by Crippen LogP contribution is 2.65. The van der Waals surface area contributed by atoms with Crippen molar-refractivity contribution in [3.8, 4) is 0 Å². The highest BCUT2D eigenvalue weighted by atomic mass is 16.2. The molecule has 0 spiro atoms. The normalized spacial score (nSPS) is 25.6. The van der Waals surface area contributed by atoms with Crippen LogP contribution in [0.4, 0.5) is 4.79 Å². The van der Waals surface area contributed by atoms with Gasteiger partial charge in [-0.1, -0.05) is 53.0 Å². The number of urea groups is 1. The Bertz CT molecular complexity index is 960. The molecular weight excluding hydrogens is 498 g/mol. The van der Waals surface area contributed by atoms with Crippen LogP contribution < -0.4 is 21.3 Å². The zero-order valence-electron chi connectivity index (χ0n) is 24.2. The van der Waals surface area contributed by atoms with E-state index in [1.54, 1.807) is 4.90 Å². The first-order valence-corrected chi connectivity index (χ1v) is 14.6. The molecule has 10 nitrogen and oxygen atoms in total. The highest BCUT2D eigenvalue weighted by Gasteiger charge is 2.69. The predicted molar refractivity (Wildman–Crippen MR) is 148 cm³/mol. The molecule has 218 valence electrons. The SMILES string of the molecule is C=CCNC(=O)C(=O)C(CCC)NC(=O)[C@@H]1[C@H]2[C@@H](CN1C(=O)[C@@H](NC(=O)NC(C)CC)C1CCCC1)C2(C)C. The van der Waals surface area contributed by atoms with E-state index in [1.165, 1.54) is 6.08 Å². The van der Waals surface area contributed by atoms with Gasteiger partial charge in [-0.3, -0.25) is 19.2 Å². The van der Waals surface area contributed by atoms with Crippen LogP contribution in [0.15, 0.2) is 12.7 Å². The number of amides is 5. The number of ketones is 1. The molecule has 6 atom stereocenters. The Morgan fingerprint density at radius 2 is 1.72 bits per heavy atom. The number of nitrogens with one attached hydrogen (secondary N) is 4. The molecule has 3 rings (SSSR count). The molecule has 1 aliphatic heterocycles. The summed E-state index contributed by atoms with van der Waals surface area (Å²) in [5, 5.41) is 11.1. The molecule has 3 aliphatic rings. The van der Waals surface area contributed by atoms with Crippen LogP contribution in [0.25, 0.3) is 0 Å². The topological polar surface area (TPSA) is 137 Å². The summed E-state index contributed by atoms with van der Waals surface area (Å²) in [6.07, 6.45) is 6.84. The number of carbonyl (C=O) groups is 5. The lowest BCUT2D eigenvalue weighted by Gasteiger charge is -2.35. The fourth-order valence-electron chi connectivity index (χ4n) is 6.40. The number of carbonyl (C=O) groups excluding carboxylic acids is 5. The van der Waals surface area contributed by atoms with Crippen molar-refractivity contribution in [3.63, 3.8) is 0 Å². The summed E-state index contributed by atoms with van der Waals surface area (Å²) in [7, 11) is 0. The van der Waals surface area contributed by atoms with E-state index in [1.807, 2.05) is 20.8 Å². The maximum Gasteiger partial charge on any atom is 0.315 e. The minimum atomic E-state index is -0.977. The number of likely N-dealkylation sites (tertiary alicyclic amines) is 1. The Morgan fingerprint density at radius 3 is 2.31 bits per heavy atom. The molecular formula is C29H47N5O5. The van der Waals surface area contributed by atoms with E-state index < -0.39 is 35.7 Å². The molecule has 0 aromatic heterocycles. The second-order valence-electron chi connectivity index (χ2n) is 12.1. The van der Waals surface area contributed by atoms with Crippen molar-refractivity contribution >= 4 is 29.5 Å². The van der Waals surface area contributed by atoms with Gasteiger partial charge in [0.2, 0.25) is 17.6 Å². The molecule has 3 fully saturated rings. The van der Waals surface area contributed by atoms with Crippen LogP contribution >= 0.6 is 0 Å². The summed E-state index contributed by atoms with van der Waals surface area (Å²) in [6, 6.07) is -2.86. The summed E-state index contributed by atoms with van der Waals surface area (Å²) < 4.78 is 0. The molecule has 2 unspecified atom stereocenters. The standard InChI is InChI=1S/C29H47N5O5/c1-7-12-20(24(35)26(37)30-15-8-2)32-25(36)23-21-19(29(21,5)6)16-34(23)27(38)22(18-13-10-11-14-18)33-28(39)31-17(4)9-3/h8,17-23H,2,7,9-16H2,1,3-6H3,(H,30,37)(H,32,36)(H2,31,33,39)/t17?,19-,20?,21-,22+,23+/m1/s1. The molecule has 1 heterocycles. The smallest absolute Gasteiger partial charge is 0.315 e. The van der Waals surface area contributed by atoms with E-state index in [4.69, 9.17) is 0 Å². The maximum atomic E-state index is 14.1. The lowest BCUT2D eigenvalue weighted by Crippen LogP contribution is -2.60. The van der Waals surface area contributed by atoms with E-state index in [9.17, 15) is 24.0 Å². The van der Waals surface area contributed by atoms with E-state index in [0.29, 0.717) is 19.4 Å². The number of piperidine rings is 1. The monoisotopic (exact) mass is 545 g/mol. The summed E-state index contributed by atoms with van der Waals surface area (Å²) in [5.74, 6) is -2.02. The van der Waals surface area contributed by atoms with Gasteiger partial charge in [-0.05, 0) is 55.8 Å². The van der Waals surface area contributed by atoms with E-state index in [2.05, 4.69) is 41.7 Å². The van der Waals surface area contributed by atoms with E-state index in [-0.39, 0.29) is 47.7 Å². The molecule has 0 bridgehead atoms. The molecule has 4 N–H and O–H groups in total. The van der Waals surface area contributed by atoms with Gasteiger partial charge in [-0.2, -0.15) is 0 Å². The van der Waals surface area contributed by atoms with Crippen molar-refractivity contribution in [3.05, 3.63) is 12.7 Å². The third-order valence-corrected chi connectivity index (χ3v) is 9.02. The van der Waals surface area contributed by atoms with Gasteiger partial charge in [-0.15, -0.1) is 6.58 Å². The van der Waals surface area contributed by atoms with Gasteiger partial charge in [0.1, 0.15) is 12.1 Å². The number of nitrogens with zero attached hydrogens (tertiary/aromatic N) is 1. The molecule has 0 aromatic carbocycles. The maximum absolute atomic E-state index is 14.1. The molecule has 10 heteroatoms. The Balaban J connectivity index is 1.81. The number of Topliss-reactive ketones (excluding diaryl/α,β-unsaturated/α-hetero) is 1. The summed E-state index contributed by atoms with van der Waals surface area (Å²) >= 11 is 0. The van der Waals surface area contributed by atoms with Gasteiger partial charge in [0, 0.05) is 19.1 Å². The van der Waals surface area contributed by atoms with Crippen LogP contribution in [-0.2, 0) is 19.2 Å². The first kappa shape index (κ1) is 30.6. The summed E-state index contributed by atoms with van der Waals surface area (Å²) in [4.78, 5) is 67.4. The van der Waals surface area contributed by atoms with Crippen molar-refractivity contribution in [1.29, 1.82) is 0 Å². The van der Waals surface area contributed by atoms with Crippen molar-refractivity contribution in [2.24, 2.45) is 23.2 Å². The fourth-order valence-corrected chi connectivity index (χ4v) is 6.40. The minimum absolute atomic E-state index is 0.0109. The lowest BCUT2D eigenvalue weighted by molar-refractivity contribution is -0.144. The summed E-state index contributed by atoms with van der Waals surface area (Å²) in [5.41, 5.74) is -0.116. The number of hydrogen-bond acceptors (Lipinski definition) is 5. The second kappa shape index (κ2) is 13.0. The van der Waals surface area contributed by atoms with Crippen LogP contribution in [0.5, 0.6) is 0 Å². The van der Waals surface area contributed by atoms with Crippen molar-refractivity contribution < 1.29 is 24.0 Å². The molecule has 5 amide bonds. The highest BCUT2D eigenvalue weighted by molar-refractivity contribution is 6.38. The average Bonchev–Trinajstić information content (AvgIpc) is 3.36. The molecule has 2 saturated carbocycles. The van der Waals surface area contributed by atoms with Crippen LogP contribution in [0.3, 0.4) is 0 Å². The Morgan fingerprint density at radius 1 is 1.05 bits per heavy atom. The van der Waals surface area contributed by atoms with Gasteiger partial charge in [0.25, 0.3) is 5.91 Å². The van der Waals surface area contributed by atoms with Gasteiger partial charge in [0.05, 0.1) is 6.04 Å². The fraction of sp³-hybridized carbons (Fsp3) is 0.759. The molecule has 1 saturated heterocycles. The van der Waals surface area contributed by atoms with Crippen molar-refractivity contribution in [1.82, 2.24) is 26.2 Å². The average molecular weight is 546 g/mol. The summed E-state index contributed by atoms with van der Waals surface area (Å²) in [6.45, 7) is 14.1.